The standard InChI is InChI=1S/C11H13ClN4O6/c12-9-5-10(14-2-13-9)16(3-15-5)22-11-8(20)7(19)6(18)4(1-17)21-11/h2-4,6-8,11,17-20H,1H2/t4-,6-,7+,8-,11+/m1/s1. The lowest BCUT2D eigenvalue weighted by Gasteiger charge is -2.39. The molecule has 2 aromatic heterocycles. The number of aromatic nitrogens is 4. The number of rotatable bonds is 3. The zero-order valence-electron chi connectivity index (χ0n) is 11.0. The van der Waals surface area contributed by atoms with Gasteiger partial charge in [0.25, 0.3) is 6.29 Å². The van der Waals surface area contributed by atoms with Crippen molar-refractivity contribution >= 4 is 22.8 Å². The van der Waals surface area contributed by atoms with Crippen molar-refractivity contribution in [3.8, 4) is 0 Å². The summed E-state index contributed by atoms with van der Waals surface area (Å²) in [7, 11) is 0. The molecular weight excluding hydrogens is 320 g/mol. The molecule has 4 N–H and O–H groups in total. The zero-order valence-corrected chi connectivity index (χ0v) is 11.8. The van der Waals surface area contributed by atoms with Gasteiger partial charge in [-0.05, 0) is 0 Å². The molecule has 2 aromatic rings. The Morgan fingerprint density at radius 1 is 1.18 bits per heavy atom. The summed E-state index contributed by atoms with van der Waals surface area (Å²) in [6, 6.07) is 0. The second kappa shape index (κ2) is 5.91. The van der Waals surface area contributed by atoms with Crippen molar-refractivity contribution in [3.05, 3.63) is 17.8 Å². The van der Waals surface area contributed by atoms with Gasteiger partial charge in [0, 0.05) is 0 Å². The van der Waals surface area contributed by atoms with E-state index in [1.165, 1.54) is 12.7 Å². The fourth-order valence-electron chi connectivity index (χ4n) is 2.13. The molecule has 0 radical (unpaired) electrons. The second-order valence-electron chi connectivity index (χ2n) is 4.71. The molecule has 10 nitrogen and oxygen atoms in total. The van der Waals surface area contributed by atoms with Gasteiger partial charge in [-0.1, -0.05) is 11.6 Å². The fraction of sp³-hybridized carbons (Fsp3) is 0.545. The number of halogens is 1. The largest absolute Gasteiger partial charge is 0.394 e. The molecule has 0 bridgehead atoms. The first-order chi connectivity index (χ1) is 10.5. The summed E-state index contributed by atoms with van der Waals surface area (Å²) in [6.07, 6.45) is -4.50. The van der Waals surface area contributed by atoms with Gasteiger partial charge in [-0.3, -0.25) is 0 Å². The molecule has 0 aromatic carbocycles. The minimum Gasteiger partial charge on any atom is -0.394 e. The molecule has 1 aliphatic heterocycles. The van der Waals surface area contributed by atoms with E-state index < -0.39 is 37.3 Å². The number of nitrogens with zero attached hydrogens (tertiary/aromatic N) is 4. The Hall–Kier alpha value is -1.56. The Morgan fingerprint density at radius 3 is 2.68 bits per heavy atom. The van der Waals surface area contributed by atoms with Crippen molar-refractivity contribution in [1.29, 1.82) is 0 Å². The van der Waals surface area contributed by atoms with Gasteiger partial charge in [-0.15, -0.1) is 4.73 Å². The number of imidazole rings is 1. The van der Waals surface area contributed by atoms with E-state index in [0.717, 1.165) is 4.73 Å². The summed E-state index contributed by atoms with van der Waals surface area (Å²) in [5.74, 6) is 0. The van der Waals surface area contributed by atoms with Gasteiger partial charge in [0.15, 0.2) is 5.15 Å². The quantitative estimate of drug-likeness (QED) is 0.456. The van der Waals surface area contributed by atoms with E-state index >= 15 is 0 Å². The average Bonchev–Trinajstić information content (AvgIpc) is 2.92. The number of fused-ring (bicyclic) bond motifs is 1. The highest BCUT2D eigenvalue weighted by Gasteiger charge is 2.45. The van der Waals surface area contributed by atoms with Crippen LogP contribution in [0.3, 0.4) is 0 Å². The number of hydrogen-bond donors (Lipinski definition) is 4. The lowest BCUT2D eigenvalue weighted by atomic mass is 9.99. The molecular formula is C11H13ClN4O6. The molecule has 0 spiro atoms. The van der Waals surface area contributed by atoms with Gasteiger partial charge < -0.3 is 30.0 Å². The second-order valence-corrected chi connectivity index (χ2v) is 5.07. The van der Waals surface area contributed by atoms with E-state index in [4.69, 9.17) is 26.3 Å². The monoisotopic (exact) mass is 332 g/mol. The van der Waals surface area contributed by atoms with E-state index in [1.807, 2.05) is 0 Å². The van der Waals surface area contributed by atoms with Gasteiger partial charge in [0.2, 0.25) is 5.65 Å². The first-order valence-corrected chi connectivity index (χ1v) is 6.72. The van der Waals surface area contributed by atoms with E-state index in [9.17, 15) is 15.3 Å². The van der Waals surface area contributed by atoms with Crippen molar-refractivity contribution in [2.75, 3.05) is 6.61 Å². The summed E-state index contributed by atoms with van der Waals surface area (Å²) in [4.78, 5) is 17.1. The molecule has 22 heavy (non-hydrogen) atoms. The number of hydrogen-bond acceptors (Lipinski definition) is 9. The maximum atomic E-state index is 9.91. The fourth-order valence-corrected chi connectivity index (χ4v) is 2.31. The van der Waals surface area contributed by atoms with Crippen LogP contribution in [0.4, 0.5) is 0 Å². The minimum absolute atomic E-state index is 0.126. The molecule has 11 heteroatoms. The van der Waals surface area contributed by atoms with Crippen LogP contribution in [0.25, 0.3) is 11.2 Å². The molecule has 3 heterocycles. The van der Waals surface area contributed by atoms with Crippen LogP contribution in [0.1, 0.15) is 0 Å². The highest BCUT2D eigenvalue weighted by Crippen LogP contribution is 2.22. The van der Waals surface area contributed by atoms with Crippen LogP contribution in [0.2, 0.25) is 5.15 Å². The summed E-state index contributed by atoms with van der Waals surface area (Å²) < 4.78 is 6.32. The molecule has 3 rings (SSSR count). The first kappa shape index (κ1) is 15.3. The smallest absolute Gasteiger partial charge is 0.254 e. The minimum atomic E-state index is -1.54. The summed E-state index contributed by atoms with van der Waals surface area (Å²) in [5.41, 5.74) is 0.519. The van der Waals surface area contributed by atoms with Crippen LogP contribution in [-0.2, 0) is 4.74 Å². The van der Waals surface area contributed by atoms with Crippen molar-refractivity contribution in [3.63, 3.8) is 0 Å². The van der Waals surface area contributed by atoms with Crippen molar-refractivity contribution in [1.82, 2.24) is 19.7 Å². The van der Waals surface area contributed by atoms with Crippen LogP contribution in [0.5, 0.6) is 0 Å². The molecule has 0 saturated carbocycles. The Balaban J connectivity index is 1.86. The molecule has 1 fully saturated rings. The third kappa shape index (κ3) is 2.49. The molecule has 120 valence electrons. The van der Waals surface area contributed by atoms with Crippen molar-refractivity contribution in [2.45, 2.75) is 30.7 Å². The molecule has 1 saturated heterocycles. The van der Waals surface area contributed by atoms with E-state index in [-0.39, 0.29) is 16.3 Å². The third-order valence-corrected chi connectivity index (χ3v) is 3.60. The van der Waals surface area contributed by atoms with Gasteiger partial charge in [-0.2, -0.15) is 0 Å². The number of ether oxygens (including phenoxy) is 1. The van der Waals surface area contributed by atoms with Crippen molar-refractivity contribution in [2.24, 2.45) is 0 Å². The van der Waals surface area contributed by atoms with Crippen LogP contribution in [0, 0.1) is 0 Å². The summed E-state index contributed by atoms with van der Waals surface area (Å²) in [6.45, 7) is -0.552. The van der Waals surface area contributed by atoms with Gasteiger partial charge in [0.05, 0.1) is 6.61 Å². The predicted molar refractivity (Wildman–Crippen MR) is 70.7 cm³/mol. The summed E-state index contributed by atoms with van der Waals surface area (Å²) >= 11 is 5.86. The topological polar surface area (TPSA) is 143 Å². The number of aliphatic hydroxyl groups excluding tert-OH is 4. The van der Waals surface area contributed by atoms with E-state index in [1.54, 1.807) is 0 Å². The highest BCUT2D eigenvalue weighted by atomic mass is 35.5. The third-order valence-electron chi connectivity index (χ3n) is 3.32. The Kier molecular flexibility index (Phi) is 4.12. The zero-order chi connectivity index (χ0) is 15.9. The maximum absolute atomic E-state index is 9.91. The van der Waals surface area contributed by atoms with E-state index in [2.05, 4.69) is 15.0 Å². The van der Waals surface area contributed by atoms with Crippen LogP contribution in [-0.4, -0.2) is 77.4 Å². The highest BCUT2D eigenvalue weighted by molar-refractivity contribution is 6.33. The normalized spacial score (nSPS) is 32.3. The molecule has 5 atom stereocenters. The molecule has 0 amide bonds. The van der Waals surface area contributed by atoms with Crippen LogP contribution < -0.4 is 4.84 Å². The Morgan fingerprint density at radius 2 is 1.95 bits per heavy atom. The number of aliphatic hydroxyl groups is 4. The predicted octanol–water partition coefficient (Wildman–Crippen LogP) is -2.29. The lowest BCUT2D eigenvalue weighted by Crippen LogP contribution is -2.61. The van der Waals surface area contributed by atoms with E-state index in [0.29, 0.717) is 0 Å². The first-order valence-electron chi connectivity index (χ1n) is 6.34. The van der Waals surface area contributed by atoms with Gasteiger partial charge in [-0.25, -0.2) is 15.0 Å². The molecule has 0 unspecified atom stereocenters. The molecule has 0 aliphatic carbocycles. The van der Waals surface area contributed by atoms with Crippen LogP contribution in [0.15, 0.2) is 12.7 Å². The van der Waals surface area contributed by atoms with Gasteiger partial charge in [0.1, 0.15) is 42.6 Å². The average molecular weight is 333 g/mol. The molecule has 1 aliphatic rings. The Labute approximate surface area is 128 Å². The van der Waals surface area contributed by atoms with Crippen LogP contribution >= 0.6 is 11.6 Å². The SMILES string of the molecule is OC[C@H]1O[C@@H](On2cnc3c(Cl)ncnc32)[C@H](O)[C@@H](O)[C@@H]1O. The lowest BCUT2D eigenvalue weighted by molar-refractivity contribution is -0.299. The maximum Gasteiger partial charge on any atom is 0.254 e. The Bertz CT molecular complexity index is 667. The van der Waals surface area contributed by atoms with Crippen molar-refractivity contribution < 1.29 is 30.0 Å². The summed E-state index contributed by atoms with van der Waals surface area (Å²) in [5, 5.41) is 38.6. The van der Waals surface area contributed by atoms with Gasteiger partial charge >= 0.3 is 0 Å².